The number of carbonyl (C=O) groups excluding carboxylic acids is 3. The number of hydrogen-bond donors (Lipinski definition) is 1. The van der Waals surface area contributed by atoms with Gasteiger partial charge in [0.1, 0.15) is 5.54 Å². The van der Waals surface area contributed by atoms with E-state index in [0.717, 1.165) is 22.3 Å². The van der Waals surface area contributed by atoms with E-state index in [1.165, 1.54) is 0 Å². The third kappa shape index (κ3) is 5.91. The molecule has 192 valence electrons. The molecule has 0 atom stereocenters. The molecular weight excluding hydrogens is 462 g/mol. The van der Waals surface area contributed by atoms with E-state index in [2.05, 4.69) is 5.32 Å². The molecule has 0 spiro atoms. The van der Waals surface area contributed by atoms with Crippen LogP contribution < -0.4 is 5.32 Å². The number of rotatable bonds is 7. The maximum Gasteiger partial charge on any atom is 0.255 e. The number of piperidine rings is 1. The molecule has 3 aromatic rings. The summed E-state index contributed by atoms with van der Waals surface area (Å²) in [6.45, 7) is 7.05. The molecule has 1 aliphatic rings. The first-order valence-corrected chi connectivity index (χ1v) is 12.8. The quantitative estimate of drug-likeness (QED) is 0.517. The number of nitrogens with zero attached hydrogens (tertiary/aromatic N) is 2. The lowest BCUT2D eigenvalue weighted by molar-refractivity contribution is -0.141. The van der Waals surface area contributed by atoms with Gasteiger partial charge in [0.2, 0.25) is 11.8 Å². The second-order valence-corrected chi connectivity index (χ2v) is 9.89. The van der Waals surface area contributed by atoms with Crippen molar-refractivity contribution in [1.29, 1.82) is 0 Å². The second kappa shape index (κ2) is 11.4. The number of amides is 3. The summed E-state index contributed by atoms with van der Waals surface area (Å²) >= 11 is 0. The molecule has 37 heavy (non-hydrogen) atoms. The van der Waals surface area contributed by atoms with Crippen LogP contribution in [-0.2, 0) is 22.7 Å². The molecule has 6 heteroatoms. The first kappa shape index (κ1) is 26.1. The predicted molar refractivity (Wildman–Crippen MR) is 145 cm³/mol. The number of aryl methyl sites for hydroxylation is 2. The zero-order chi connectivity index (χ0) is 26.4. The van der Waals surface area contributed by atoms with E-state index in [1.807, 2.05) is 92.7 Å². The molecule has 3 aromatic carbocycles. The zero-order valence-electron chi connectivity index (χ0n) is 21.9. The molecular formula is C31H35N3O3. The van der Waals surface area contributed by atoms with E-state index < -0.39 is 5.54 Å². The van der Waals surface area contributed by atoms with Crippen molar-refractivity contribution in [3.63, 3.8) is 0 Å². The molecule has 0 unspecified atom stereocenters. The van der Waals surface area contributed by atoms with Crippen molar-refractivity contribution < 1.29 is 14.4 Å². The van der Waals surface area contributed by atoms with Gasteiger partial charge in [-0.2, -0.15) is 0 Å². The average Bonchev–Trinajstić information content (AvgIpc) is 2.92. The summed E-state index contributed by atoms with van der Waals surface area (Å²) in [6.07, 6.45) is 0.743. The Labute approximate surface area is 219 Å². The topological polar surface area (TPSA) is 69.7 Å². The molecule has 1 heterocycles. The van der Waals surface area contributed by atoms with E-state index in [4.69, 9.17) is 0 Å². The molecule has 3 amide bonds. The third-order valence-electron chi connectivity index (χ3n) is 7.40. The smallest absolute Gasteiger partial charge is 0.255 e. The van der Waals surface area contributed by atoms with Crippen LogP contribution in [0, 0.1) is 13.8 Å². The Morgan fingerprint density at radius 3 is 2.11 bits per heavy atom. The average molecular weight is 498 g/mol. The Morgan fingerprint density at radius 1 is 0.865 bits per heavy atom. The number of hydrogen-bond acceptors (Lipinski definition) is 3. The summed E-state index contributed by atoms with van der Waals surface area (Å²) in [5.74, 6) is -0.392. The largest absolute Gasteiger partial charge is 0.350 e. The zero-order valence-corrected chi connectivity index (χ0v) is 21.9. The lowest BCUT2D eigenvalue weighted by Crippen LogP contribution is -2.64. The lowest BCUT2D eigenvalue weighted by Gasteiger charge is -2.47. The maximum absolute atomic E-state index is 14.1. The highest BCUT2D eigenvalue weighted by Gasteiger charge is 2.48. The summed E-state index contributed by atoms with van der Waals surface area (Å²) in [6, 6.07) is 25.2. The van der Waals surface area contributed by atoms with Crippen LogP contribution in [0.4, 0.5) is 0 Å². The van der Waals surface area contributed by atoms with Crippen LogP contribution in [0.1, 0.15) is 52.4 Å². The molecule has 1 fully saturated rings. The van der Waals surface area contributed by atoms with E-state index in [9.17, 15) is 14.4 Å². The monoisotopic (exact) mass is 497 g/mol. The first-order valence-electron chi connectivity index (χ1n) is 12.8. The van der Waals surface area contributed by atoms with Gasteiger partial charge >= 0.3 is 0 Å². The van der Waals surface area contributed by atoms with Crippen molar-refractivity contribution in [1.82, 2.24) is 15.1 Å². The van der Waals surface area contributed by atoms with Gasteiger partial charge in [0.05, 0.1) is 0 Å². The summed E-state index contributed by atoms with van der Waals surface area (Å²) < 4.78 is 0. The van der Waals surface area contributed by atoms with Crippen LogP contribution >= 0.6 is 0 Å². The summed E-state index contributed by atoms with van der Waals surface area (Å²) in [5.41, 5.74) is 3.56. The van der Waals surface area contributed by atoms with Crippen LogP contribution in [0.2, 0.25) is 0 Å². The number of likely N-dealkylation sites (tertiary alicyclic amines) is 1. The highest BCUT2D eigenvalue weighted by molar-refractivity contribution is 5.99. The van der Waals surface area contributed by atoms with Crippen LogP contribution in [0.5, 0.6) is 0 Å². The predicted octanol–water partition coefficient (Wildman–Crippen LogP) is 4.64. The number of carbonyl (C=O) groups is 3. The highest BCUT2D eigenvalue weighted by Crippen LogP contribution is 2.33. The van der Waals surface area contributed by atoms with Crippen LogP contribution in [-0.4, -0.2) is 46.1 Å². The first-order chi connectivity index (χ1) is 17.8. The van der Waals surface area contributed by atoms with Crippen molar-refractivity contribution in [2.24, 2.45) is 0 Å². The van der Waals surface area contributed by atoms with E-state index in [-0.39, 0.29) is 17.7 Å². The molecule has 0 aromatic heterocycles. The second-order valence-electron chi connectivity index (χ2n) is 9.89. The highest BCUT2D eigenvalue weighted by atomic mass is 16.2. The Morgan fingerprint density at radius 2 is 1.49 bits per heavy atom. The van der Waals surface area contributed by atoms with Crippen LogP contribution in [0.15, 0.2) is 78.9 Å². The Balaban J connectivity index is 1.74. The summed E-state index contributed by atoms with van der Waals surface area (Å²) in [5, 5.41) is 3.11. The van der Waals surface area contributed by atoms with Gasteiger partial charge in [-0.05, 0) is 55.5 Å². The number of nitrogens with one attached hydrogen (secondary N) is 1. The molecule has 6 nitrogen and oxygen atoms in total. The van der Waals surface area contributed by atoms with Gasteiger partial charge in [-0.3, -0.25) is 14.4 Å². The number of benzene rings is 3. The summed E-state index contributed by atoms with van der Waals surface area (Å²) in [4.78, 5) is 43.8. The minimum absolute atomic E-state index is 0.0198. The summed E-state index contributed by atoms with van der Waals surface area (Å²) in [7, 11) is 0. The molecule has 1 saturated heterocycles. The molecule has 1 aliphatic heterocycles. The fourth-order valence-corrected chi connectivity index (χ4v) is 4.98. The van der Waals surface area contributed by atoms with Gasteiger partial charge in [-0.1, -0.05) is 72.3 Å². The van der Waals surface area contributed by atoms with Gasteiger partial charge in [-0.15, -0.1) is 0 Å². The standard InChI is InChI=1S/C31H35N3O3/c1-23-13-15-27(16-14-23)29(36)34(22-28-12-8-7-9-24(28)2)31(17-19-33(20-18-31)25(3)35)30(37)32-21-26-10-5-4-6-11-26/h4-16H,17-22H2,1-3H3,(H,32,37). The van der Waals surface area contributed by atoms with Crippen molar-refractivity contribution in [3.05, 3.63) is 107 Å². The molecule has 0 bridgehead atoms. The van der Waals surface area contributed by atoms with Crippen LogP contribution in [0.3, 0.4) is 0 Å². The Bertz CT molecular complexity index is 1250. The third-order valence-corrected chi connectivity index (χ3v) is 7.40. The Kier molecular flexibility index (Phi) is 8.07. The minimum atomic E-state index is -1.09. The fraction of sp³-hybridized carbons (Fsp3) is 0.323. The van der Waals surface area contributed by atoms with Gasteiger partial charge in [0.25, 0.3) is 5.91 Å². The van der Waals surface area contributed by atoms with Crippen molar-refractivity contribution in [2.45, 2.75) is 52.2 Å². The van der Waals surface area contributed by atoms with Crippen molar-refractivity contribution in [3.8, 4) is 0 Å². The van der Waals surface area contributed by atoms with E-state index in [0.29, 0.717) is 44.6 Å². The molecule has 4 rings (SSSR count). The van der Waals surface area contributed by atoms with Crippen molar-refractivity contribution >= 4 is 17.7 Å². The SMILES string of the molecule is CC(=O)N1CCC(C(=O)NCc2ccccc2)(N(Cc2ccccc2C)C(=O)c2ccc(C)cc2)CC1. The molecule has 1 N–H and O–H groups in total. The normalized spacial score (nSPS) is 14.6. The minimum Gasteiger partial charge on any atom is -0.350 e. The Hall–Kier alpha value is -3.93. The van der Waals surface area contributed by atoms with Gasteiger partial charge in [-0.25, -0.2) is 0 Å². The molecule has 0 saturated carbocycles. The van der Waals surface area contributed by atoms with E-state index in [1.54, 1.807) is 16.7 Å². The van der Waals surface area contributed by atoms with Crippen LogP contribution in [0.25, 0.3) is 0 Å². The van der Waals surface area contributed by atoms with E-state index >= 15 is 0 Å². The lowest BCUT2D eigenvalue weighted by atomic mass is 9.83. The fourth-order valence-electron chi connectivity index (χ4n) is 4.98. The van der Waals surface area contributed by atoms with Gasteiger partial charge < -0.3 is 15.1 Å². The molecule has 0 aliphatic carbocycles. The molecule has 0 radical (unpaired) electrons. The van der Waals surface area contributed by atoms with Crippen molar-refractivity contribution in [2.75, 3.05) is 13.1 Å². The maximum atomic E-state index is 14.1. The van der Waals surface area contributed by atoms with Gasteiger partial charge in [0, 0.05) is 38.7 Å². The van der Waals surface area contributed by atoms with Gasteiger partial charge in [0.15, 0.2) is 0 Å².